The number of aliphatic hydroxyl groups excluding tert-OH is 1. The lowest BCUT2D eigenvalue weighted by Crippen LogP contribution is -2.42. The summed E-state index contributed by atoms with van der Waals surface area (Å²) in [6, 6.07) is 11.4. The van der Waals surface area contributed by atoms with Gasteiger partial charge in [0, 0.05) is 26.2 Å². The molecule has 2 saturated heterocycles. The van der Waals surface area contributed by atoms with Gasteiger partial charge in [0.1, 0.15) is 11.0 Å². The fourth-order valence-corrected chi connectivity index (χ4v) is 5.56. The second-order valence-corrected chi connectivity index (χ2v) is 10.7. The van der Waals surface area contributed by atoms with E-state index >= 15 is 0 Å². The van der Waals surface area contributed by atoms with Crippen LogP contribution in [0.25, 0.3) is 0 Å². The zero-order valence-corrected chi connectivity index (χ0v) is 21.5. The van der Waals surface area contributed by atoms with Crippen LogP contribution in [0.3, 0.4) is 0 Å². The predicted molar refractivity (Wildman–Crippen MR) is 139 cm³/mol. The summed E-state index contributed by atoms with van der Waals surface area (Å²) in [7, 11) is 0. The van der Waals surface area contributed by atoms with E-state index in [1.165, 1.54) is 6.42 Å². The minimum atomic E-state index is -1.09. The average Bonchev–Trinajstić information content (AvgIpc) is 2.88. The highest BCUT2D eigenvalue weighted by Gasteiger charge is 2.30. The number of amides is 1. The van der Waals surface area contributed by atoms with Crippen molar-refractivity contribution in [2.45, 2.75) is 58.0 Å². The highest BCUT2D eigenvalue weighted by atomic mass is 35.5. The number of carbonyl (C=O) groups is 2. The van der Waals surface area contributed by atoms with E-state index in [1.54, 1.807) is 6.07 Å². The van der Waals surface area contributed by atoms with E-state index in [0.717, 1.165) is 69.5 Å². The van der Waals surface area contributed by atoms with Gasteiger partial charge < -0.3 is 14.9 Å². The molecule has 2 fully saturated rings. The van der Waals surface area contributed by atoms with Gasteiger partial charge in [-0.3, -0.25) is 9.59 Å². The van der Waals surface area contributed by atoms with Crippen molar-refractivity contribution in [3.05, 3.63) is 58.2 Å². The molecule has 6 nitrogen and oxygen atoms in total. The van der Waals surface area contributed by atoms with Gasteiger partial charge in [-0.05, 0) is 73.1 Å². The molecule has 0 saturated carbocycles. The fourth-order valence-electron chi connectivity index (χ4n) is 5.36. The van der Waals surface area contributed by atoms with Crippen LogP contribution in [0.15, 0.2) is 36.4 Å². The Balaban J connectivity index is 1.23. The molecule has 3 heterocycles. The first-order valence-electron chi connectivity index (χ1n) is 12.8. The maximum absolute atomic E-state index is 12.9. The van der Waals surface area contributed by atoms with Crippen molar-refractivity contribution in [3.63, 3.8) is 0 Å². The highest BCUT2D eigenvalue weighted by molar-refractivity contribution is 6.31. The molecule has 1 N–H and O–H groups in total. The van der Waals surface area contributed by atoms with Crippen molar-refractivity contribution in [2.75, 3.05) is 31.1 Å². The van der Waals surface area contributed by atoms with Gasteiger partial charge in [0.2, 0.25) is 0 Å². The first-order valence-corrected chi connectivity index (χ1v) is 13.2. The molecule has 0 radical (unpaired) electrons. The maximum atomic E-state index is 12.9. The van der Waals surface area contributed by atoms with Crippen LogP contribution in [0.2, 0.25) is 5.15 Å². The number of benzene rings is 1. The summed E-state index contributed by atoms with van der Waals surface area (Å²) < 4.78 is 0. The van der Waals surface area contributed by atoms with Crippen molar-refractivity contribution in [3.8, 4) is 0 Å². The van der Waals surface area contributed by atoms with Crippen molar-refractivity contribution in [1.29, 1.82) is 0 Å². The second kappa shape index (κ2) is 11.5. The Morgan fingerprint density at radius 3 is 2.29 bits per heavy atom. The highest BCUT2D eigenvalue weighted by Crippen LogP contribution is 2.32. The molecule has 35 heavy (non-hydrogen) atoms. The largest absolute Gasteiger partial charge is 0.378 e. The molecule has 1 aromatic heterocycles. The van der Waals surface area contributed by atoms with Gasteiger partial charge in [0.05, 0.1) is 5.56 Å². The van der Waals surface area contributed by atoms with Gasteiger partial charge in [0.25, 0.3) is 5.91 Å². The number of hydrogen-bond acceptors (Lipinski definition) is 5. The van der Waals surface area contributed by atoms with Gasteiger partial charge >= 0.3 is 0 Å². The van der Waals surface area contributed by atoms with Crippen LogP contribution in [-0.2, 0) is 4.79 Å². The lowest BCUT2D eigenvalue weighted by molar-refractivity contribution is -0.142. The molecule has 0 aliphatic carbocycles. The summed E-state index contributed by atoms with van der Waals surface area (Å²) >= 11 is 6.10. The number of carbonyl (C=O) groups excluding carboxylic acids is 2. The average molecular weight is 498 g/mol. The number of anilines is 1. The molecule has 2 aliphatic heterocycles. The Morgan fingerprint density at radius 1 is 1.06 bits per heavy atom. The molecule has 1 amide bonds. The quantitative estimate of drug-likeness (QED) is 0.417. The molecule has 0 bridgehead atoms. The summed E-state index contributed by atoms with van der Waals surface area (Å²) in [4.78, 5) is 32.4. The molecule has 1 unspecified atom stereocenters. The molecule has 1 atom stereocenters. The number of nitrogens with zero attached hydrogens (tertiary/aromatic N) is 3. The summed E-state index contributed by atoms with van der Waals surface area (Å²) in [6.07, 6.45) is 5.04. The Bertz CT molecular complexity index is 1030. The lowest BCUT2D eigenvalue weighted by Gasteiger charge is -2.37. The SMILES string of the molecule is CC(C)c1cccc(C(O)C(=O)N2CCC(CC3CCN(c4ccc(C=O)c(Cl)n4)CC3)CC2)c1. The van der Waals surface area contributed by atoms with Crippen molar-refractivity contribution in [1.82, 2.24) is 9.88 Å². The number of rotatable bonds is 7. The van der Waals surface area contributed by atoms with Crippen LogP contribution in [0.4, 0.5) is 5.82 Å². The predicted octanol–water partition coefficient (Wildman–Crippen LogP) is 5.25. The molecular formula is C28H36ClN3O3. The number of aliphatic hydroxyl groups is 1. The van der Waals surface area contributed by atoms with Crippen molar-refractivity contribution >= 4 is 29.6 Å². The number of hydrogen-bond donors (Lipinski definition) is 1. The molecule has 7 heteroatoms. The first-order chi connectivity index (χ1) is 16.9. The van der Waals surface area contributed by atoms with Crippen LogP contribution >= 0.6 is 11.6 Å². The molecule has 4 rings (SSSR count). The number of pyridine rings is 1. The molecule has 2 aromatic rings. The Morgan fingerprint density at radius 2 is 1.69 bits per heavy atom. The third-order valence-corrected chi connectivity index (χ3v) is 7.95. The number of aromatic nitrogens is 1. The third kappa shape index (κ3) is 6.22. The summed E-state index contributed by atoms with van der Waals surface area (Å²) in [6.45, 7) is 7.53. The van der Waals surface area contributed by atoms with E-state index in [1.807, 2.05) is 35.2 Å². The van der Waals surface area contributed by atoms with E-state index in [2.05, 4.69) is 23.7 Å². The van der Waals surface area contributed by atoms with Gasteiger partial charge in [-0.15, -0.1) is 0 Å². The van der Waals surface area contributed by atoms with Gasteiger partial charge in [-0.1, -0.05) is 49.7 Å². The minimum Gasteiger partial charge on any atom is -0.378 e. The Labute approximate surface area is 213 Å². The van der Waals surface area contributed by atoms with Crippen LogP contribution < -0.4 is 4.90 Å². The third-order valence-electron chi connectivity index (χ3n) is 7.65. The second-order valence-electron chi connectivity index (χ2n) is 10.3. The monoisotopic (exact) mass is 497 g/mol. The minimum absolute atomic E-state index is 0.176. The molecule has 1 aromatic carbocycles. The van der Waals surface area contributed by atoms with Crippen LogP contribution in [0.5, 0.6) is 0 Å². The zero-order valence-electron chi connectivity index (χ0n) is 20.7. The fraction of sp³-hybridized carbons (Fsp3) is 0.536. The van der Waals surface area contributed by atoms with Gasteiger partial charge in [-0.25, -0.2) is 4.98 Å². The molecule has 2 aliphatic rings. The maximum Gasteiger partial charge on any atom is 0.256 e. The summed E-state index contributed by atoms with van der Waals surface area (Å²) in [5, 5.41) is 11.0. The molecule has 188 valence electrons. The van der Waals surface area contributed by atoms with E-state index < -0.39 is 6.10 Å². The van der Waals surface area contributed by atoms with Crippen molar-refractivity contribution < 1.29 is 14.7 Å². The van der Waals surface area contributed by atoms with E-state index in [-0.39, 0.29) is 11.1 Å². The zero-order chi connectivity index (χ0) is 24.9. The standard InChI is InChI=1S/C28H36ClN3O3/c1-19(2)22-4-3-5-23(17-22)26(34)28(35)32-14-10-21(11-15-32)16-20-8-12-31(13-9-20)25-7-6-24(18-33)27(29)30-25/h3-7,17-21,26,34H,8-16H2,1-2H3. The van der Waals surface area contributed by atoms with Gasteiger partial charge in [0.15, 0.2) is 12.4 Å². The van der Waals surface area contributed by atoms with Crippen molar-refractivity contribution in [2.24, 2.45) is 11.8 Å². The van der Waals surface area contributed by atoms with Gasteiger partial charge in [-0.2, -0.15) is 0 Å². The van der Waals surface area contributed by atoms with E-state index in [0.29, 0.717) is 28.9 Å². The summed E-state index contributed by atoms with van der Waals surface area (Å²) in [5.41, 5.74) is 2.24. The topological polar surface area (TPSA) is 73.7 Å². The number of likely N-dealkylation sites (tertiary alicyclic amines) is 1. The van der Waals surface area contributed by atoms with Crippen LogP contribution in [0, 0.1) is 11.8 Å². The first kappa shape index (κ1) is 25.6. The number of piperidine rings is 2. The Hall–Kier alpha value is -2.44. The molecular weight excluding hydrogens is 462 g/mol. The lowest BCUT2D eigenvalue weighted by atomic mass is 9.82. The van der Waals surface area contributed by atoms with Crippen LogP contribution in [0.1, 0.15) is 79.5 Å². The summed E-state index contributed by atoms with van der Waals surface area (Å²) in [5.74, 6) is 2.31. The smallest absolute Gasteiger partial charge is 0.256 e. The van der Waals surface area contributed by atoms with Crippen LogP contribution in [-0.4, -0.2) is 53.4 Å². The van der Waals surface area contributed by atoms with E-state index in [4.69, 9.17) is 11.6 Å². The Kier molecular flexibility index (Phi) is 8.45. The number of aldehydes is 1. The van der Waals surface area contributed by atoms with E-state index in [9.17, 15) is 14.7 Å². The molecule has 0 spiro atoms. The normalized spacial score (nSPS) is 18.7. The number of halogens is 1.